The third-order valence-electron chi connectivity index (χ3n) is 3.91. The first kappa shape index (κ1) is 14.2. The van der Waals surface area contributed by atoms with Gasteiger partial charge in [0, 0.05) is 19.2 Å². The van der Waals surface area contributed by atoms with Crippen molar-refractivity contribution in [1.29, 1.82) is 0 Å². The molecule has 0 radical (unpaired) electrons. The highest BCUT2D eigenvalue weighted by Crippen LogP contribution is 2.36. The van der Waals surface area contributed by atoms with Crippen LogP contribution in [0.25, 0.3) is 0 Å². The van der Waals surface area contributed by atoms with Crippen LogP contribution in [0.3, 0.4) is 0 Å². The molecule has 1 aliphatic rings. The van der Waals surface area contributed by atoms with Crippen LogP contribution in [0.4, 0.5) is 0 Å². The fraction of sp³-hybridized carbons (Fsp3) is 0.600. The molecule has 1 saturated heterocycles. The fourth-order valence-corrected chi connectivity index (χ4v) is 2.81. The quantitative estimate of drug-likeness (QED) is 0.881. The van der Waals surface area contributed by atoms with Gasteiger partial charge in [0.2, 0.25) is 0 Å². The molecule has 0 unspecified atom stereocenters. The Morgan fingerprint density at radius 3 is 2.53 bits per heavy atom. The highest BCUT2D eigenvalue weighted by Gasteiger charge is 2.22. The lowest BCUT2D eigenvalue weighted by Gasteiger charge is -2.32. The maximum atomic E-state index is 5.61. The molecule has 1 aromatic carbocycles. The van der Waals surface area contributed by atoms with Crippen LogP contribution in [0.15, 0.2) is 18.2 Å². The number of hydrogen-bond acceptors (Lipinski definition) is 4. The number of nitrogens with two attached hydrogens (primary N) is 1. The van der Waals surface area contributed by atoms with E-state index in [1.165, 1.54) is 18.4 Å². The van der Waals surface area contributed by atoms with Gasteiger partial charge in [-0.3, -0.25) is 0 Å². The van der Waals surface area contributed by atoms with Crippen molar-refractivity contribution in [3.8, 4) is 11.5 Å². The van der Waals surface area contributed by atoms with Crippen molar-refractivity contribution >= 4 is 0 Å². The van der Waals surface area contributed by atoms with E-state index in [0.29, 0.717) is 5.92 Å². The largest absolute Gasteiger partial charge is 0.497 e. The van der Waals surface area contributed by atoms with Crippen LogP contribution in [-0.4, -0.2) is 45.3 Å². The van der Waals surface area contributed by atoms with E-state index in [9.17, 15) is 0 Å². The zero-order valence-electron chi connectivity index (χ0n) is 11.9. The summed E-state index contributed by atoms with van der Waals surface area (Å²) in [4.78, 5) is 2.44. The first-order chi connectivity index (χ1) is 9.28. The second kappa shape index (κ2) is 6.78. The molecular formula is C15H24N2O2. The van der Waals surface area contributed by atoms with E-state index >= 15 is 0 Å². The maximum Gasteiger partial charge on any atom is 0.126 e. The summed E-state index contributed by atoms with van der Waals surface area (Å²) in [5.41, 5.74) is 6.91. The van der Waals surface area contributed by atoms with E-state index in [0.717, 1.165) is 37.7 Å². The Kier molecular flexibility index (Phi) is 5.05. The highest BCUT2D eigenvalue weighted by molar-refractivity contribution is 5.42. The van der Waals surface area contributed by atoms with Gasteiger partial charge in [0.25, 0.3) is 0 Å². The molecule has 1 aromatic rings. The Hall–Kier alpha value is -1.26. The van der Waals surface area contributed by atoms with Gasteiger partial charge in [-0.1, -0.05) is 6.07 Å². The van der Waals surface area contributed by atoms with Gasteiger partial charge >= 0.3 is 0 Å². The molecule has 0 spiro atoms. The van der Waals surface area contributed by atoms with Gasteiger partial charge < -0.3 is 20.1 Å². The second-order valence-electron chi connectivity index (χ2n) is 5.01. The van der Waals surface area contributed by atoms with Gasteiger partial charge in [-0.2, -0.15) is 0 Å². The molecule has 0 aromatic heterocycles. The summed E-state index contributed by atoms with van der Waals surface area (Å²) in [5, 5.41) is 0. The number of hydrogen-bond donors (Lipinski definition) is 1. The lowest BCUT2D eigenvalue weighted by atomic mass is 9.88. The summed E-state index contributed by atoms with van der Waals surface area (Å²) in [6, 6.07) is 6.13. The number of likely N-dealkylation sites (tertiary alicyclic amines) is 1. The number of ether oxygens (including phenoxy) is 2. The van der Waals surface area contributed by atoms with Crippen molar-refractivity contribution in [1.82, 2.24) is 4.90 Å². The minimum absolute atomic E-state index is 0.579. The van der Waals surface area contributed by atoms with Crippen LogP contribution >= 0.6 is 0 Å². The Morgan fingerprint density at radius 2 is 1.95 bits per heavy atom. The molecule has 4 heteroatoms. The molecule has 4 nitrogen and oxygen atoms in total. The standard InChI is InChI=1S/C15H24N2O2/c1-18-13-3-4-14(15(11-13)19-2)12-5-8-17(9-6-12)10-7-16/h3-4,11-12H,5-10,16H2,1-2H3. The van der Waals surface area contributed by atoms with E-state index in [-0.39, 0.29) is 0 Å². The van der Waals surface area contributed by atoms with Crippen molar-refractivity contribution in [2.45, 2.75) is 18.8 Å². The Bertz CT molecular complexity index is 401. The Balaban J connectivity index is 2.06. The first-order valence-corrected chi connectivity index (χ1v) is 6.92. The van der Waals surface area contributed by atoms with E-state index in [1.807, 2.05) is 12.1 Å². The predicted molar refractivity (Wildman–Crippen MR) is 77.0 cm³/mol. The summed E-state index contributed by atoms with van der Waals surface area (Å²) in [5.74, 6) is 2.37. The predicted octanol–water partition coefficient (Wildman–Crippen LogP) is 1.84. The van der Waals surface area contributed by atoms with Crippen LogP contribution in [0.2, 0.25) is 0 Å². The molecule has 0 saturated carbocycles. The summed E-state index contributed by atoms with van der Waals surface area (Å²) in [6.45, 7) is 4.00. The molecule has 1 fully saturated rings. The van der Waals surface area contributed by atoms with Gasteiger partial charge in [-0.05, 0) is 43.5 Å². The van der Waals surface area contributed by atoms with Crippen LogP contribution < -0.4 is 15.2 Å². The first-order valence-electron chi connectivity index (χ1n) is 6.92. The third-order valence-corrected chi connectivity index (χ3v) is 3.91. The zero-order chi connectivity index (χ0) is 13.7. The van der Waals surface area contributed by atoms with Crippen molar-refractivity contribution in [2.75, 3.05) is 40.4 Å². The Labute approximate surface area is 115 Å². The van der Waals surface area contributed by atoms with Crippen molar-refractivity contribution < 1.29 is 9.47 Å². The molecule has 0 amide bonds. The van der Waals surface area contributed by atoms with Crippen LogP contribution in [0, 0.1) is 0 Å². The van der Waals surface area contributed by atoms with Crippen LogP contribution in [0.5, 0.6) is 11.5 Å². The number of benzene rings is 1. The molecule has 2 rings (SSSR count). The molecule has 2 N–H and O–H groups in total. The van der Waals surface area contributed by atoms with E-state index in [1.54, 1.807) is 14.2 Å². The minimum atomic E-state index is 0.579. The third kappa shape index (κ3) is 3.39. The van der Waals surface area contributed by atoms with Crippen LogP contribution in [0.1, 0.15) is 24.3 Å². The normalized spacial score (nSPS) is 17.4. The summed E-state index contributed by atoms with van der Waals surface area (Å²) < 4.78 is 10.7. The second-order valence-corrected chi connectivity index (χ2v) is 5.01. The lowest BCUT2D eigenvalue weighted by molar-refractivity contribution is 0.216. The molecular weight excluding hydrogens is 240 g/mol. The van der Waals surface area contributed by atoms with Crippen LogP contribution in [-0.2, 0) is 0 Å². The minimum Gasteiger partial charge on any atom is -0.497 e. The number of methoxy groups -OCH3 is 2. The monoisotopic (exact) mass is 264 g/mol. The zero-order valence-corrected chi connectivity index (χ0v) is 11.9. The average molecular weight is 264 g/mol. The van der Waals surface area contributed by atoms with Crippen molar-refractivity contribution in [3.05, 3.63) is 23.8 Å². The fourth-order valence-electron chi connectivity index (χ4n) is 2.81. The summed E-state index contributed by atoms with van der Waals surface area (Å²) in [6.07, 6.45) is 2.34. The average Bonchev–Trinajstić information content (AvgIpc) is 2.48. The molecule has 0 atom stereocenters. The Morgan fingerprint density at radius 1 is 1.21 bits per heavy atom. The summed E-state index contributed by atoms with van der Waals surface area (Å²) in [7, 11) is 3.40. The SMILES string of the molecule is COc1ccc(C2CCN(CCN)CC2)c(OC)c1. The number of rotatable bonds is 5. The number of nitrogens with zero attached hydrogens (tertiary/aromatic N) is 1. The molecule has 1 aliphatic heterocycles. The van der Waals surface area contributed by atoms with E-state index < -0.39 is 0 Å². The van der Waals surface area contributed by atoms with Gasteiger partial charge in [0.05, 0.1) is 14.2 Å². The van der Waals surface area contributed by atoms with Gasteiger partial charge in [-0.25, -0.2) is 0 Å². The van der Waals surface area contributed by atoms with Gasteiger partial charge in [0.15, 0.2) is 0 Å². The van der Waals surface area contributed by atoms with Crippen molar-refractivity contribution in [2.24, 2.45) is 5.73 Å². The smallest absolute Gasteiger partial charge is 0.126 e. The number of piperidine rings is 1. The molecule has 0 aliphatic carbocycles. The molecule has 0 bridgehead atoms. The molecule has 1 heterocycles. The van der Waals surface area contributed by atoms with Gasteiger partial charge in [-0.15, -0.1) is 0 Å². The summed E-state index contributed by atoms with van der Waals surface area (Å²) >= 11 is 0. The van der Waals surface area contributed by atoms with E-state index in [2.05, 4.69) is 11.0 Å². The van der Waals surface area contributed by atoms with E-state index in [4.69, 9.17) is 15.2 Å². The van der Waals surface area contributed by atoms with Gasteiger partial charge in [0.1, 0.15) is 11.5 Å². The molecule has 19 heavy (non-hydrogen) atoms. The molecule has 106 valence electrons. The maximum absolute atomic E-state index is 5.61. The highest BCUT2D eigenvalue weighted by atomic mass is 16.5. The topological polar surface area (TPSA) is 47.7 Å². The van der Waals surface area contributed by atoms with Crippen molar-refractivity contribution in [3.63, 3.8) is 0 Å². The lowest BCUT2D eigenvalue weighted by Crippen LogP contribution is -2.36.